The quantitative estimate of drug-likeness (QED) is 0.875. The van der Waals surface area contributed by atoms with Crippen LogP contribution < -0.4 is 10.6 Å². The second-order valence-corrected chi connectivity index (χ2v) is 6.42. The smallest absolute Gasteiger partial charge is 0.227 e. The summed E-state index contributed by atoms with van der Waals surface area (Å²) in [4.78, 5) is 20.6. The Labute approximate surface area is 142 Å². The van der Waals surface area contributed by atoms with Gasteiger partial charge in [-0.2, -0.15) is 0 Å². The van der Waals surface area contributed by atoms with Gasteiger partial charge in [-0.1, -0.05) is 31.4 Å². The van der Waals surface area contributed by atoms with Crippen molar-refractivity contribution in [1.29, 1.82) is 0 Å². The van der Waals surface area contributed by atoms with Crippen molar-refractivity contribution in [2.75, 3.05) is 10.6 Å². The summed E-state index contributed by atoms with van der Waals surface area (Å²) in [7, 11) is 0. The minimum atomic E-state index is 0.159. The first-order valence-electron chi connectivity index (χ1n) is 8.63. The normalized spacial score (nSPS) is 15.0. The molecule has 24 heavy (non-hydrogen) atoms. The highest BCUT2D eigenvalue weighted by Gasteiger charge is 2.20. The third-order valence-corrected chi connectivity index (χ3v) is 4.45. The highest BCUT2D eigenvalue weighted by atomic mass is 16.1. The Bertz CT molecular complexity index is 695. The van der Waals surface area contributed by atoms with E-state index >= 15 is 0 Å². The van der Waals surface area contributed by atoms with Gasteiger partial charge in [-0.25, -0.2) is 9.97 Å². The Balaban J connectivity index is 1.58. The number of nitrogens with one attached hydrogen (secondary N) is 2. The zero-order valence-corrected chi connectivity index (χ0v) is 14.1. The molecule has 0 bridgehead atoms. The largest absolute Gasteiger partial charge is 0.366 e. The van der Waals surface area contributed by atoms with E-state index in [0.29, 0.717) is 6.54 Å². The minimum Gasteiger partial charge on any atom is -0.366 e. The van der Waals surface area contributed by atoms with Gasteiger partial charge >= 0.3 is 0 Å². The SMILES string of the molecule is Cc1cc(NCc2cccc(NC(=O)C3CCCCC3)c2)ncn1. The van der Waals surface area contributed by atoms with Crippen LogP contribution in [0.4, 0.5) is 11.5 Å². The van der Waals surface area contributed by atoms with Gasteiger partial charge in [-0.05, 0) is 37.5 Å². The number of benzene rings is 1. The van der Waals surface area contributed by atoms with Gasteiger partial charge in [0, 0.05) is 29.9 Å². The van der Waals surface area contributed by atoms with Crippen molar-refractivity contribution in [3.05, 3.63) is 47.9 Å². The molecule has 3 rings (SSSR count). The number of carbonyl (C=O) groups excluding carboxylic acids is 1. The highest BCUT2D eigenvalue weighted by Crippen LogP contribution is 2.25. The lowest BCUT2D eigenvalue weighted by atomic mass is 9.88. The summed E-state index contributed by atoms with van der Waals surface area (Å²) < 4.78 is 0. The molecular weight excluding hydrogens is 300 g/mol. The van der Waals surface area contributed by atoms with E-state index in [2.05, 4.69) is 20.6 Å². The molecule has 2 aromatic rings. The first-order valence-corrected chi connectivity index (χ1v) is 8.63. The number of carbonyl (C=O) groups is 1. The van der Waals surface area contributed by atoms with Crippen molar-refractivity contribution in [2.24, 2.45) is 5.92 Å². The summed E-state index contributed by atoms with van der Waals surface area (Å²) >= 11 is 0. The zero-order valence-electron chi connectivity index (χ0n) is 14.1. The number of amides is 1. The lowest BCUT2D eigenvalue weighted by Gasteiger charge is -2.20. The Kier molecular flexibility index (Phi) is 5.41. The lowest BCUT2D eigenvalue weighted by molar-refractivity contribution is -0.120. The van der Waals surface area contributed by atoms with Crippen LogP contribution in [0.15, 0.2) is 36.7 Å². The van der Waals surface area contributed by atoms with Gasteiger partial charge in [0.2, 0.25) is 5.91 Å². The van der Waals surface area contributed by atoms with Gasteiger partial charge in [-0.15, -0.1) is 0 Å². The molecule has 5 nitrogen and oxygen atoms in total. The maximum absolute atomic E-state index is 12.4. The van der Waals surface area contributed by atoms with Gasteiger partial charge in [-0.3, -0.25) is 4.79 Å². The van der Waals surface area contributed by atoms with Crippen molar-refractivity contribution >= 4 is 17.4 Å². The van der Waals surface area contributed by atoms with Crippen molar-refractivity contribution < 1.29 is 4.79 Å². The van der Waals surface area contributed by atoms with Crippen molar-refractivity contribution in [3.63, 3.8) is 0 Å². The third kappa shape index (κ3) is 4.54. The van der Waals surface area contributed by atoms with Gasteiger partial charge in [0.15, 0.2) is 0 Å². The molecule has 5 heteroatoms. The van der Waals surface area contributed by atoms with E-state index < -0.39 is 0 Å². The van der Waals surface area contributed by atoms with Crippen LogP contribution in [-0.2, 0) is 11.3 Å². The first-order chi connectivity index (χ1) is 11.7. The van der Waals surface area contributed by atoms with Gasteiger partial charge in [0.05, 0.1) is 0 Å². The standard InChI is InChI=1S/C19H24N4O/c1-14-10-18(22-13-21-14)20-12-15-6-5-9-17(11-15)23-19(24)16-7-3-2-4-8-16/h5-6,9-11,13,16H,2-4,7-8,12H2,1H3,(H,23,24)(H,20,21,22). The zero-order chi connectivity index (χ0) is 16.8. The third-order valence-electron chi connectivity index (χ3n) is 4.45. The number of anilines is 2. The van der Waals surface area contributed by atoms with E-state index in [4.69, 9.17) is 0 Å². The van der Waals surface area contributed by atoms with Crippen LogP contribution in [0, 0.1) is 12.8 Å². The van der Waals surface area contributed by atoms with Crippen LogP contribution in [0.1, 0.15) is 43.4 Å². The summed E-state index contributed by atoms with van der Waals surface area (Å²) in [5.74, 6) is 1.13. The number of aryl methyl sites for hydroxylation is 1. The van der Waals surface area contributed by atoms with E-state index in [-0.39, 0.29) is 11.8 Å². The fourth-order valence-electron chi connectivity index (χ4n) is 3.11. The molecule has 0 spiro atoms. The number of hydrogen-bond acceptors (Lipinski definition) is 4. The van der Waals surface area contributed by atoms with Crippen LogP contribution in [0.3, 0.4) is 0 Å². The molecule has 0 atom stereocenters. The number of nitrogens with zero attached hydrogens (tertiary/aromatic N) is 2. The van der Waals surface area contributed by atoms with E-state index in [9.17, 15) is 4.79 Å². The summed E-state index contributed by atoms with van der Waals surface area (Å²) in [6.07, 6.45) is 7.17. The molecule has 0 saturated heterocycles. The Morgan fingerprint density at radius 1 is 1.17 bits per heavy atom. The van der Waals surface area contributed by atoms with E-state index in [1.54, 1.807) is 6.33 Å². The molecule has 1 fully saturated rings. The highest BCUT2D eigenvalue weighted by molar-refractivity contribution is 5.92. The monoisotopic (exact) mass is 324 g/mol. The topological polar surface area (TPSA) is 66.9 Å². The van der Waals surface area contributed by atoms with Gasteiger partial charge in [0.25, 0.3) is 0 Å². The molecule has 1 amide bonds. The molecule has 1 heterocycles. The molecule has 126 valence electrons. The molecule has 2 N–H and O–H groups in total. The van der Waals surface area contributed by atoms with Crippen LogP contribution in [0.25, 0.3) is 0 Å². The summed E-state index contributed by atoms with van der Waals surface area (Å²) in [6, 6.07) is 9.88. The number of aromatic nitrogens is 2. The second kappa shape index (κ2) is 7.90. The van der Waals surface area contributed by atoms with Crippen molar-refractivity contribution in [2.45, 2.75) is 45.6 Å². The molecule has 1 aliphatic carbocycles. The second-order valence-electron chi connectivity index (χ2n) is 6.42. The Hall–Kier alpha value is -2.43. The van der Waals surface area contributed by atoms with Crippen molar-refractivity contribution in [3.8, 4) is 0 Å². The van der Waals surface area contributed by atoms with E-state index in [1.807, 2.05) is 37.3 Å². The molecule has 1 saturated carbocycles. The maximum atomic E-state index is 12.4. The molecular formula is C19H24N4O. The average Bonchev–Trinajstić information content (AvgIpc) is 2.61. The summed E-state index contributed by atoms with van der Waals surface area (Å²) in [5.41, 5.74) is 2.90. The molecule has 0 unspecified atom stereocenters. The summed E-state index contributed by atoms with van der Waals surface area (Å²) in [5, 5.41) is 6.35. The summed E-state index contributed by atoms with van der Waals surface area (Å²) in [6.45, 7) is 2.60. The van der Waals surface area contributed by atoms with Crippen LogP contribution >= 0.6 is 0 Å². The van der Waals surface area contributed by atoms with Crippen LogP contribution in [0.2, 0.25) is 0 Å². The van der Waals surface area contributed by atoms with Crippen LogP contribution in [-0.4, -0.2) is 15.9 Å². The van der Waals surface area contributed by atoms with Crippen LogP contribution in [0.5, 0.6) is 0 Å². The van der Waals surface area contributed by atoms with E-state index in [1.165, 1.54) is 19.3 Å². The molecule has 1 aromatic carbocycles. The predicted molar refractivity (Wildman–Crippen MR) is 95.7 cm³/mol. The number of rotatable bonds is 5. The first kappa shape index (κ1) is 16.4. The number of hydrogen-bond donors (Lipinski definition) is 2. The Morgan fingerprint density at radius 2 is 2.00 bits per heavy atom. The average molecular weight is 324 g/mol. The van der Waals surface area contributed by atoms with E-state index in [0.717, 1.165) is 35.6 Å². The molecule has 1 aromatic heterocycles. The Morgan fingerprint density at radius 3 is 2.79 bits per heavy atom. The predicted octanol–water partition coefficient (Wildman–Crippen LogP) is 3.92. The molecule has 0 aliphatic heterocycles. The minimum absolute atomic E-state index is 0.159. The molecule has 1 aliphatic rings. The van der Waals surface area contributed by atoms with Gasteiger partial charge in [0.1, 0.15) is 12.1 Å². The van der Waals surface area contributed by atoms with Gasteiger partial charge < -0.3 is 10.6 Å². The van der Waals surface area contributed by atoms with Crippen molar-refractivity contribution in [1.82, 2.24) is 9.97 Å². The maximum Gasteiger partial charge on any atom is 0.227 e. The fourth-order valence-corrected chi connectivity index (χ4v) is 3.11. The fraction of sp³-hybridized carbons (Fsp3) is 0.421. The lowest BCUT2D eigenvalue weighted by Crippen LogP contribution is -2.24. The molecule has 0 radical (unpaired) electrons.